The average molecular weight is 476 g/mol. The molecule has 1 aliphatic heterocycles. The number of methoxy groups -OCH3 is 1. The molecule has 1 saturated heterocycles. The summed E-state index contributed by atoms with van der Waals surface area (Å²) in [6.45, 7) is 0.822. The number of alkyl halides is 3. The zero-order valence-electron chi connectivity index (χ0n) is 16.8. The zero-order chi connectivity index (χ0) is 23.8. The summed E-state index contributed by atoms with van der Waals surface area (Å²) in [5.41, 5.74) is 2.49. The van der Waals surface area contributed by atoms with Gasteiger partial charge in [-0.25, -0.2) is 4.39 Å². The van der Waals surface area contributed by atoms with Crippen molar-refractivity contribution >= 4 is 29.1 Å². The van der Waals surface area contributed by atoms with Gasteiger partial charge in [-0.2, -0.15) is 13.2 Å². The summed E-state index contributed by atoms with van der Waals surface area (Å²) < 4.78 is 65.4. The Bertz CT molecular complexity index is 1070. The maximum absolute atomic E-state index is 13.9. The van der Waals surface area contributed by atoms with Crippen LogP contribution in [0.5, 0.6) is 5.75 Å². The first-order valence-electron chi connectivity index (χ1n) is 9.21. The van der Waals surface area contributed by atoms with Crippen LogP contribution in [0.4, 0.5) is 23.2 Å². The number of nitrogens with one attached hydrogen (secondary N) is 1. The number of anilines is 1. The van der Waals surface area contributed by atoms with Crippen molar-refractivity contribution in [3.63, 3.8) is 0 Å². The van der Waals surface area contributed by atoms with E-state index in [2.05, 4.69) is 10.3 Å². The summed E-state index contributed by atoms with van der Waals surface area (Å²) in [6.07, 6.45) is -5.88. The van der Waals surface area contributed by atoms with Gasteiger partial charge in [0.05, 0.1) is 7.11 Å². The van der Waals surface area contributed by atoms with Crippen molar-refractivity contribution in [1.82, 2.24) is 4.98 Å². The molecule has 0 unspecified atom stereocenters. The van der Waals surface area contributed by atoms with E-state index in [-0.39, 0.29) is 22.7 Å². The first-order valence-corrected chi connectivity index (χ1v) is 9.59. The quantitative estimate of drug-likeness (QED) is 0.640. The summed E-state index contributed by atoms with van der Waals surface area (Å²) in [6, 6.07) is 4.67. The van der Waals surface area contributed by atoms with Crippen LogP contribution in [0.25, 0.3) is 0 Å². The molecule has 0 aliphatic carbocycles. The van der Waals surface area contributed by atoms with Crippen LogP contribution >= 0.6 is 11.6 Å². The predicted octanol–water partition coefficient (Wildman–Crippen LogP) is 3.81. The van der Waals surface area contributed by atoms with Crippen molar-refractivity contribution in [3.05, 3.63) is 52.6 Å². The van der Waals surface area contributed by atoms with Gasteiger partial charge < -0.3 is 20.5 Å². The third-order valence-corrected chi connectivity index (χ3v) is 5.54. The second-order valence-corrected chi connectivity index (χ2v) is 7.72. The Balaban J connectivity index is 2.01. The van der Waals surface area contributed by atoms with Crippen LogP contribution in [0.1, 0.15) is 35.3 Å². The molecule has 3 N–H and O–H groups in total. The summed E-state index contributed by atoms with van der Waals surface area (Å²) in [5, 5.41) is 1.98. The molecular weight excluding hydrogens is 458 g/mol. The van der Waals surface area contributed by atoms with Crippen LogP contribution in [-0.2, 0) is 9.53 Å². The lowest BCUT2D eigenvalue weighted by Crippen LogP contribution is -2.43. The number of carbonyl (C=O) groups excluding carboxylic acids is 2. The van der Waals surface area contributed by atoms with E-state index in [1.165, 1.54) is 31.5 Å². The number of nitrogens with zero attached hydrogens (tertiary/aromatic N) is 1. The number of hydrogen-bond acceptors (Lipinski definition) is 5. The minimum absolute atomic E-state index is 0.0749. The fourth-order valence-corrected chi connectivity index (χ4v) is 3.78. The molecule has 32 heavy (non-hydrogen) atoms. The standard InChI is InChI=1S/C20H18ClF4N3O4/c1-19(20(23,24)25)8-11(10-3-4-12(22)14(21)15(10)31-2)16(32-19)18(30)28-9-5-6-27-13(7-9)17(26)29/h3-7,11,16H,8H2,1-2H3,(H2,26,29)(H,27,28,30)/t11-,16+,19-/m1/s1. The Morgan fingerprint density at radius 2 is 2.03 bits per heavy atom. The minimum Gasteiger partial charge on any atom is -0.495 e. The Morgan fingerprint density at radius 3 is 2.62 bits per heavy atom. The van der Waals surface area contributed by atoms with E-state index in [4.69, 9.17) is 26.8 Å². The van der Waals surface area contributed by atoms with E-state index in [9.17, 15) is 27.2 Å². The molecule has 2 heterocycles. The number of amides is 2. The number of benzene rings is 1. The fourth-order valence-electron chi connectivity index (χ4n) is 3.53. The second-order valence-electron chi connectivity index (χ2n) is 7.34. The lowest BCUT2D eigenvalue weighted by Gasteiger charge is -2.27. The molecule has 0 saturated carbocycles. The average Bonchev–Trinajstić information content (AvgIpc) is 3.09. The van der Waals surface area contributed by atoms with Crippen molar-refractivity contribution in [2.75, 3.05) is 12.4 Å². The molecule has 172 valence electrons. The maximum atomic E-state index is 13.9. The molecular formula is C20H18ClF4N3O4. The van der Waals surface area contributed by atoms with Crippen molar-refractivity contribution in [1.29, 1.82) is 0 Å². The lowest BCUT2D eigenvalue weighted by molar-refractivity contribution is -0.261. The maximum Gasteiger partial charge on any atom is 0.417 e. The van der Waals surface area contributed by atoms with Gasteiger partial charge in [-0.3, -0.25) is 14.6 Å². The summed E-state index contributed by atoms with van der Waals surface area (Å²) >= 11 is 5.93. The van der Waals surface area contributed by atoms with Gasteiger partial charge in [-0.15, -0.1) is 0 Å². The van der Waals surface area contributed by atoms with Crippen LogP contribution in [0, 0.1) is 5.82 Å². The van der Waals surface area contributed by atoms with Gasteiger partial charge in [0.25, 0.3) is 11.8 Å². The normalized spacial score (nSPS) is 23.1. The molecule has 12 heteroatoms. The fraction of sp³-hybridized carbons (Fsp3) is 0.350. The SMILES string of the molecule is COc1c([C@H]2C[C@](C)(C(F)(F)F)O[C@@H]2C(=O)Nc2ccnc(C(N)=O)c2)ccc(F)c1Cl. The number of nitrogens with two attached hydrogens (primary N) is 1. The van der Waals surface area contributed by atoms with E-state index in [0.29, 0.717) is 0 Å². The molecule has 1 aromatic heterocycles. The predicted molar refractivity (Wildman–Crippen MR) is 106 cm³/mol. The van der Waals surface area contributed by atoms with E-state index in [1.54, 1.807) is 0 Å². The van der Waals surface area contributed by atoms with E-state index in [1.807, 2.05) is 0 Å². The summed E-state index contributed by atoms with van der Waals surface area (Å²) in [7, 11) is 1.18. The Kier molecular flexibility index (Phi) is 6.34. The van der Waals surface area contributed by atoms with Gasteiger partial charge in [0.1, 0.15) is 28.4 Å². The molecule has 1 aliphatic rings. The van der Waals surface area contributed by atoms with Crippen molar-refractivity contribution in [2.24, 2.45) is 5.73 Å². The minimum atomic E-state index is -4.80. The smallest absolute Gasteiger partial charge is 0.417 e. The van der Waals surface area contributed by atoms with Gasteiger partial charge in [-0.1, -0.05) is 17.7 Å². The Morgan fingerprint density at radius 1 is 1.34 bits per heavy atom. The van der Waals surface area contributed by atoms with Crippen molar-refractivity contribution in [3.8, 4) is 5.75 Å². The van der Waals surface area contributed by atoms with Crippen molar-refractivity contribution < 1.29 is 36.6 Å². The van der Waals surface area contributed by atoms with Gasteiger partial charge in [0.15, 0.2) is 5.60 Å². The first-order chi connectivity index (χ1) is 14.9. The number of ether oxygens (including phenoxy) is 2. The van der Waals surface area contributed by atoms with Gasteiger partial charge in [-0.05, 0) is 31.5 Å². The molecule has 0 spiro atoms. The number of pyridine rings is 1. The van der Waals surface area contributed by atoms with Crippen molar-refractivity contribution in [2.45, 2.75) is 37.1 Å². The highest BCUT2D eigenvalue weighted by Crippen LogP contribution is 2.52. The largest absolute Gasteiger partial charge is 0.495 e. The first kappa shape index (κ1) is 23.7. The third kappa shape index (κ3) is 4.35. The topological polar surface area (TPSA) is 104 Å². The number of carbonyl (C=O) groups is 2. The number of primary amides is 1. The van der Waals surface area contributed by atoms with E-state index < -0.39 is 52.9 Å². The molecule has 3 rings (SSSR count). The number of hydrogen-bond donors (Lipinski definition) is 2. The van der Waals surface area contributed by atoms with Crippen LogP contribution in [0.15, 0.2) is 30.5 Å². The molecule has 0 bridgehead atoms. The van der Waals surface area contributed by atoms with Crippen LogP contribution < -0.4 is 15.8 Å². The highest BCUT2D eigenvalue weighted by molar-refractivity contribution is 6.32. The molecule has 1 fully saturated rings. The number of rotatable bonds is 5. The van der Waals surface area contributed by atoms with E-state index in [0.717, 1.165) is 13.0 Å². The monoisotopic (exact) mass is 475 g/mol. The summed E-state index contributed by atoms with van der Waals surface area (Å²) in [5.74, 6) is -3.98. The molecule has 7 nitrogen and oxygen atoms in total. The van der Waals surface area contributed by atoms with Gasteiger partial charge >= 0.3 is 6.18 Å². The Hall–Kier alpha value is -2.92. The van der Waals surface area contributed by atoms with Crippen LogP contribution in [0.2, 0.25) is 5.02 Å². The zero-order valence-corrected chi connectivity index (χ0v) is 17.6. The second kappa shape index (κ2) is 8.55. The Labute approximate surface area is 184 Å². The highest BCUT2D eigenvalue weighted by Gasteiger charge is 2.61. The van der Waals surface area contributed by atoms with E-state index >= 15 is 0 Å². The number of halogens is 5. The van der Waals surface area contributed by atoms with Gasteiger partial charge in [0.2, 0.25) is 0 Å². The lowest BCUT2D eigenvalue weighted by atomic mass is 9.86. The van der Waals surface area contributed by atoms with Crippen LogP contribution in [0.3, 0.4) is 0 Å². The number of aromatic nitrogens is 1. The molecule has 3 atom stereocenters. The summed E-state index contributed by atoms with van der Waals surface area (Å²) in [4.78, 5) is 28.0. The molecule has 2 aromatic rings. The molecule has 0 radical (unpaired) electrons. The molecule has 2 amide bonds. The van der Waals surface area contributed by atoms with Crippen LogP contribution in [-0.4, -0.2) is 41.8 Å². The third-order valence-electron chi connectivity index (χ3n) is 5.18. The van der Waals surface area contributed by atoms with Gasteiger partial charge in [0, 0.05) is 23.4 Å². The highest BCUT2D eigenvalue weighted by atomic mass is 35.5. The molecule has 1 aromatic carbocycles.